The second-order valence-electron chi connectivity index (χ2n) is 5.78. The molecule has 0 aliphatic heterocycles. The van der Waals surface area contributed by atoms with Gasteiger partial charge in [0.1, 0.15) is 0 Å². The fraction of sp³-hybridized carbons (Fsp3) is 0.353. The molecule has 0 saturated heterocycles. The highest BCUT2D eigenvalue weighted by Gasteiger charge is 2.13. The van der Waals surface area contributed by atoms with Crippen LogP contribution >= 0.6 is 0 Å². The predicted molar refractivity (Wildman–Crippen MR) is 78.5 cm³/mol. The molecule has 0 aliphatic carbocycles. The average Bonchev–Trinajstić information content (AvgIpc) is 2.34. The standard InChI is InChI=1S/C17H20O2/c1-12(18)14-10-9-13(11-19-17(2,3)4)15-7-5-6-8-16(14)15/h5-10H,11H2,1-4H3. The van der Waals surface area contributed by atoms with Gasteiger partial charge in [-0.15, -0.1) is 0 Å². The Morgan fingerprint density at radius 2 is 1.68 bits per heavy atom. The Kier molecular flexibility index (Phi) is 3.72. The molecule has 0 unspecified atom stereocenters. The van der Waals surface area contributed by atoms with Crippen LogP contribution in [0, 0.1) is 0 Å². The fourth-order valence-corrected chi connectivity index (χ4v) is 2.09. The summed E-state index contributed by atoms with van der Waals surface area (Å²) >= 11 is 0. The van der Waals surface area contributed by atoms with Crippen molar-refractivity contribution >= 4 is 16.6 Å². The summed E-state index contributed by atoms with van der Waals surface area (Å²) < 4.78 is 5.84. The van der Waals surface area contributed by atoms with Crippen molar-refractivity contribution in [3.63, 3.8) is 0 Å². The van der Waals surface area contributed by atoms with E-state index in [9.17, 15) is 4.79 Å². The molecule has 0 atom stereocenters. The number of hydrogen-bond donors (Lipinski definition) is 0. The van der Waals surface area contributed by atoms with Gasteiger partial charge in [0.2, 0.25) is 0 Å². The molecular weight excluding hydrogens is 236 g/mol. The van der Waals surface area contributed by atoms with Gasteiger partial charge in [0.05, 0.1) is 12.2 Å². The molecule has 19 heavy (non-hydrogen) atoms. The third-order valence-electron chi connectivity index (χ3n) is 3.05. The van der Waals surface area contributed by atoms with Gasteiger partial charge in [-0.25, -0.2) is 0 Å². The zero-order valence-electron chi connectivity index (χ0n) is 12.0. The van der Waals surface area contributed by atoms with E-state index in [-0.39, 0.29) is 11.4 Å². The smallest absolute Gasteiger partial charge is 0.160 e. The largest absolute Gasteiger partial charge is 0.371 e. The van der Waals surface area contributed by atoms with Crippen molar-refractivity contribution < 1.29 is 9.53 Å². The molecule has 2 nitrogen and oxygen atoms in total. The van der Waals surface area contributed by atoms with Crippen molar-refractivity contribution in [2.24, 2.45) is 0 Å². The Morgan fingerprint density at radius 3 is 2.26 bits per heavy atom. The van der Waals surface area contributed by atoms with Gasteiger partial charge in [0.25, 0.3) is 0 Å². The van der Waals surface area contributed by atoms with Gasteiger partial charge < -0.3 is 4.74 Å². The Hall–Kier alpha value is -1.67. The fourth-order valence-electron chi connectivity index (χ4n) is 2.09. The van der Waals surface area contributed by atoms with E-state index >= 15 is 0 Å². The molecule has 0 N–H and O–H groups in total. The first-order valence-corrected chi connectivity index (χ1v) is 6.54. The van der Waals surface area contributed by atoms with E-state index in [1.807, 2.05) is 57.2 Å². The Balaban J connectivity index is 2.47. The lowest BCUT2D eigenvalue weighted by Crippen LogP contribution is -2.18. The van der Waals surface area contributed by atoms with E-state index in [2.05, 4.69) is 0 Å². The van der Waals surface area contributed by atoms with E-state index in [0.29, 0.717) is 6.61 Å². The van der Waals surface area contributed by atoms with E-state index in [0.717, 1.165) is 21.9 Å². The van der Waals surface area contributed by atoms with E-state index in [1.165, 1.54) is 0 Å². The Bertz CT molecular complexity index is 606. The molecule has 0 spiro atoms. The van der Waals surface area contributed by atoms with Gasteiger partial charge in [0.15, 0.2) is 5.78 Å². The summed E-state index contributed by atoms with van der Waals surface area (Å²) in [5.41, 5.74) is 1.73. The van der Waals surface area contributed by atoms with Gasteiger partial charge in [-0.2, -0.15) is 0 Å². The molecule has 0 amide bonds. The van der Waals surface area contributed by atoms with Crippen molar-refractivity contribution in [3.05, 3.63) is 47.5 Å². The topological polar surface area (TPSA) is 26.3 Å². The Labute approximate surface area is 114 Å². The van der Waals surface area contributed by atoms with Gasteiger partial charge in [-0.3, -0.25) is 4.79 Å². The first kappa shape index (κ1) is 13.8. The minimum absolute atomic E-state index is 0.0967. The minimum Gasteiger partial charge on any atom is -0.371 e. The zero-order valence-corrected chi connectivity index (χ0v) is 12.0. The number of hydrogen-bond acceptors (Lipinski definition) is 2. The number of carbonyl (C=O) groups excluding carboxylic acids is 1. The number of ether oxygens (including phenoxy) is 1. The lowest BCUT2D eigenvalue weighted by molar-refractivity contribution is -0.0144. The van der Waals surface area contributed by atoms with Crippen molar-refractivity contribution in [1.29, 1.82) is 0 Å². The second kappa shape index (κ2) is 5.14. The average molecular weight is 256 g/mol. The molecule has 0 bridgehead atoms. The van der Waals surface area contributed by atoms with Crippen LogP contribution in [0.3, 0.4) is 0 Å². The van der Waals surface area contributed by atoms with Crippen molar-refractivity contribution in [1.82, 2.24) is 0 Å². The van der Waals surface area contributed by atoms with Crippen molar-refractivity contribution in [2.45, 2.75) is 39.9 Å². The van der Waals surface area contributed by atoms with Crippen LogP contribution in [0.2, 0.25) is 0 Å². The molecule has 2 aromatic rings. The molecule has 0 fully saturated rings. The van der Waals surface area contributed by atoms with Crippen LogP contribution in [-0.2, 0) is 11.3 Å². The maximum atomic E-state index is 11.7. The monoisotopic (exact) mass is 256 g/mol. The van der Waals surface area contributed by atoms with E-state index < -0.39 is 0 Å². The highest BCUT2D eigenvalue weighted by atomic mass is 16.5. The number of ketones is 1. The Morgan fingerprint density at radius 1 is 1.05 bits per heavy atom. The van der Waals surface area contributed by atoms with Gasteiger partial charge in [-0.05, 0) is 44.0 Å². The molecule has 2 heteroatoms. The van der Waals surface area contributed by atoms with E-state index in [1.54, 1.807) is 6.92 Å². The van der Waals surface area contributed by atoms with Crippen molar-refractivity contribution in [3.8, 4) is 0 Å². The summed E-state index contributed by atoms with van der Waals surface area (Å²) in [6, 6.07) is 11.9. The number of fused-ring (bicyclic) bond motifs is 1. The van der Waals surface area contributed by atoms with Crippen molar-refractivity contribution in [2.75, 3.05) is 0 Å². The molecule has 0 heterocycles. The molecule has 0 aromatic heterocycles. The summed E-state index contributed by atoms with van der Waals surface area (Å²) in [6.07, 6.45) is 0. The van der Waals surface area contributed by atoms with Crippen LogP contribution < -0.4 is 0 Å². The second-order valence-corrected chi connectivity index (χ2v) is 5.78. The van der Waals surface area contributed by atoms with Gasteiger partial charge in [-0.1, -0.05) is 36.4 Å². The number of rotatable bonds is 3. The van der Waals surface area contributed by atoms with Crippen LogP contribution in [0.5, 0.6) is 0 Å². The summed E-state index contributed by atoms with van der Waals surface area (Å²) in [5.74, 6) is 0.0967. The number of Topliss-reactive ketones (excluding diaryl/α,β-unsaturated/α-hetero) is 1. The minimum atomic E-state index is -0.166. The van der Waals surface area contributed by atoms with Crippen LogP contribution in [0.15, 0.2) is 36.4 Å². The number of carbonyl (C=O) groups is 1. The number of benzene rings is 2. The molecule has 0 radical (unpaired) electrons. The van der Waals surface area contributed by atoms with E-state index in [4.69, 9.17) is 4.74 Å². The van der Waals surface area contributed by atoms with Crippen LogP contribution in [0.25, 0.3) is 10.8 Å². The molecule has 0 saturated carbocycles. The SMILES string of the molecule is CC(=O)c1ccc(COC(C)(C)C)c2ccccc12. The summed E-state index contributed by atoms with van der Waals surface area (Å²) in [7, 11) is 0. The molecule has 0 aliphatic rings. The van der Waals surface area contributed by atoms with Crippen LogP contribution in [0.4, 0.5) is 0 Å². The normalized spacial score (nSPS) is 11.8. The molecular formula is C17H20O2. The first-order valence-electron chi connectivity index (χ1n) is 6.54. The molecule has 2 aromatic carbocycles. The van der Waals surface area contributed by atoms with Gasteiger partial charge >= 0.3 is 0 Å². The quantitative estimate of drug-likeness (QED) is 0.763. The lowest BCUT2D eigenvalue weighted by Gasteiger charge is -2.20. The molecule has 100 valence electrons. The predicted octanol–water partition coefficient (Wildman–Crippen LogP) is 4.36. The molecule has 2 rings (SSSR count). The third-order valence-corrected chi connectivity index (χ3v) is 3.05. The lowest BCUT2D eigenvalue weighted by atomic mass is 9.98. The zero-order chi connectivity index (χ0) is 14.0. The first-order chi connectivity index (χ1) is 8.88. The highest BCUT2D eigenvalue weighted by molar-refractivity contribution is 6.07. The van der Waals surface area contributed by atoms with Gasteiger partial charge in [0, 0.05) is 5.56 Å². The maximum Gasteiger partial charge on any atom is 0.160 e. The third kappa shape index (κ3) is 3.21. The summed E-state index contributed by atoms with van der Waals surface area (Å²) in [5, 5.41) is 2.10. The van der Waals surface area contributed by atoms with Crippen LogP contribution in [-0.4, -0.2) is 11.4 Å². The summed E-state index contributed by atoms with van der Waals surface area (Å²) in [4.78, 5) is 11.7. The van der Waals surface area contributed by atoms with Crippen LogP contribution in [0.1, 0.15) is 43.6 Å². The summed E-state index contributed by atoms with van der Waals surface area (Å²) in [6.45, 7) is 8.28. The highest BCUT2D eigenvalue weighted by Crippen LogP contribution is 2.25. The maximum absolute atomic E-state index is 11.7.